The van der Waals surface area contributed by atoms with Crippen molar-refractivity contribution in [2.75, 3.05) is 18.5 Å². The zero-order chi connectivity index (χ0) is 16.9. The normalized spacial score (nSPS) is 10.7. The number of nitrogens with zero attached hydrogens (tertiary/aromatic N) is 1. The van der Waals surface area contributed by atoms with Crippen LogP contribution in [0, 0.1) is 11.3 Å². The SMILES string of the molecule is CCCCCCOc1cccc(N/C=C(\C#N)C(=O)OCC)c1. The summed E-state index contributed by atoms with van der Waals surface area (Å²) >= 11 is 0. The Kier molecular flexibility index (Phi) is 8.99. The number of rotatable bonds is 10. The molecule has 0 atom stereocenters. The van der Waals surface area contributed by atoms with Crippen molar-refractivity contribution in [1.82, 2.24) is 0 Å². The van der Waals surface area contributed by atoms with Gasteiger partial charge in [-0.15, -0.1) is 0 Å². The molecule has 1 aromatic carbocycles. The van der Waals surface area contributed by atoms with Crippen molar-refractivity contribution < 1.29 is 14.3 Å². The third kappa shape index (κ3) is 7.37. The molecular weight excluding hydrogens is 292 g/mol. The van der Waals surface area contributed by atoms with Gasteiger partial charge in [-0.2, -0.15) is 5.26 Å². The van der Waals surface area contributed by atoms with Crippen molar-refractivity contribution in [3.8, 4) is 11.8 Å². The number of anilines is 1. The highest BCUT2D eigenvalue weighted by Gasteiger charge is 2.09. The molecular formula is C18H24N2O3. The number of hydrogen-bond acceptors (Lipinski definition) is 5. The van der Waals surface area contributed by atoms with E-state index >= 15 is 0 Å². The Labute approximate surface area is 137 Å². The second-order valence-corrected chi connectivity index (χ2v) is 4.97. The van der Waals surface area contributed by atoms with E-state index in [-0.39, 0.29) is 12.2 Å². The fourth-order valence-electron chi connectivity index (χ4n) is 1.90. The Morgan fingerprint density at radius 3 is 2.83 bits per heavy atom. The van der Waals surface area contributed by atoms with E-state index in [2.05, 4.69) is 12.2 Å². The number of nitrogens with one attached hydrogen (secondary N) is 1. The number of nitriles is 1. The number of unbranched alkanes of at least 4 members (excludes halogenated alkanes) is 3. The molecule has 0 bridgehead atoms. The first-order valence-corrected chi connectivity index (χ1v) is 7.98. The molecule has 5 nitrogen and oxygen atoms in total. The molecule has 0 amide bonds. The van der Waals surface area contributed by atoms with E-state index in [1.54, 1.807) is 6.92 Å². The quantitative estimate of drug-likeness (QED) is 0.305. The Morgan fingerprint density at radius 1 is 1.30 bits per heavy atom. The van der Waals surface area contributed by atoms with Crippen LogP contribution >= 0.6 is 0 Å². The largest absolute Gasteiger partial charge is 0.494 e. The van der Waals surface area contributed by atoms with E-state index in [0.717, 1.165) is 17.9 Å². The summed E-state index contributed by atoms with van der Waals surface area (Å²) in [6.07, 6.45) is 5.97. The topological polar surface area (TPSA) is 71.3 Å². The summed E-state index contributed by atoms with van der Waals surface area (Å²) < 4.78 is 10.5. The van der Waals surface area contributed by atoms with Crippen LogP contribution in [-0.2, 0) is 9.53 Å². The molecule has 0 fully saturated rings. The van der Waals surface area contributed by atoms with Gasteiger partial charge in [-0.3, -0.25) is 0 Å². The molecule has 0 heterocycles. The number of hydrogen-bond donors (Lipinski definition) is 1. The van der Waals surface area contributed by atoms with E-state index in [1.165, 1.54) is 25.5 Å². The molecule has 5 heteroatoms. The minimum absolute atomic E-state index is 0.0715. The van der Waals surface area contributed by atoms with Gasteiger partial charge in [0, 0.05) is 18.0 Å². The molecule has 0 aliphatic carbocycles. The maximum absolute atomic E-state index is 11.5. The second-order valence-electron chi connectivity index (χ2n) is 4.97. The third-order valence-electron chi connectivity index (χ3n) is 3.10. The van der Waals surface area contributed by atoms with Crippen molar-refractivity contribution >= 4 is 11.7 Å². The highest BCUT2D eigenvalue weighted by Crippen LogP contribution is 2.18. The predicted molar refractivity (Wildman–Crippen MR) is 90.0 cm³/mol. The number of esters is 1. The van der Waals surface area contributed by atoms with Gasteiger partial charge in [0.05, 0.1) is 13.2 Å². The Morgan fingerprint density at radius 2 is 2.13 bits per heavy atom. The molecule has 0 saturated heterocycles. The Balaban J connectivity index is 2.56. The molecule has 1 N–H and O–H groups in total. The van der Waals surface area contributed by atoms with Crippen LogP contribution in [0.5, 0.6) is 5.75 Å². The summed E-state index contributed by atoms with van der Waals surface area (Å²) in [6, 6.07) is 9.22. The lowest BCUT2D eigenvalue weighted by atomic mass is 10.2. The van der Waals surface area contributed by atoms with Crippen LogP contribution in [0.1, 0.15) is 39.5 Å². The molecule has 23 heavy (non-hydrogen) atoms. The van der Waals surface area contributed by atoms with Crippen LogP contribution in [0.2, 0.25) is 0 Å². The van der Waals surface area contributed by atoms with E-state index in [1.807, 2.05) is 30.3 Å². The van der Waals surface area contributed by atoms with Crippen molar-refractivity contribution in [2.24, 2.45) is 0 Å². The summed E-state index contributed by atoms with van der Waals surface area (Å²) in [4.78, 5) is 11.5. The fraction of sp³-hybridized carbons (Fsp3) is 0.444. The molecule has 0 aliphatic heterocycles. The monoisotopic (exact) mass is 316 g/mol. The number of carbonyl (C=O) groups excluding carboxylic acids is 1. The zero-order valence-electron chi connectivity index (χ0n) is 13.8. The highest BCUT2D eigenvalue weighted by molar-refractivity contribution is 5.93. The average molecular weight is 316 g/mol. The van der Waals surface area contributed by atoms with Crippen LogP contribution in [0.4, 0.5) is 5.69 Å². The Bertz CT molecular complexity index is 562. The van der Waals surface area contributed by atoms with Gasteiger partial charge in [-0.05, 0) is 25.5 Å². The van der Waals surface area contributed by atoms with Gasteiger partial charge in [-0.25, -0.2) is 4.79 Å². The summed E-state index contributed by atoms with van der Waals surface area (Å²) in [5.41, 5.74) is 0.672. The Hall–Kier alpha value is -2.48. The number of carbonyl (C=O) groups is 1. The van der Waals surface area contributed by atoms with Crippen LogP contribution in [-0.4, -0.2) is 19.2 Å². The van der Waals surface area contributed by atoms with Gasteiger partial charge in [0.2, 0.25) is 0 Å². The van der Waals surface area contributed by atoms with E-state index < -0.39 is 5.97 Å². The van der Waals surface area contributed by atoms with Gasteiger partial charge in [-0.1, -0.05) is 32.3 Å². The van der Waals surface area contributed by atoms with Gasteiger partial charge >= 0.3 is 5.97 Å². The highest BCUT2D eigenvalue weighted by atomic mass is 16.5. The lowest BCUT2D eigenvalue weighted by Crippen LogP contribution is -2.07. The van der Waals surface area contributed by atoms with E-state index in [4.69, 9.17) is 14.7 Å². The summed E-state index contributed by atoms with van der Waals surface area (Å²) in [5.74, 6) is 0.125. The third-order valence-corrected chi connectivity index (χ3v) is 3.10. The predicted octanol–water partition coefficient (Wildman–Crippen LogP) is 4.03. The van der Waals surface area contributed by atoms with Gasteiger partial charge in [0.25, 0.3) is 0 Å². The second kappa shape index (κ2) is 11.1. The average Bonchev–Trinajstić information content (AvgIpc) is 2.56. The molecule has 1 rings (SSSR count). The summed E-state index contributed by atoms with van der Waals surface area (Å²) in [6.45, 7) is 4.79. The van der Waals surface area contributed by atoms with Crippen LogP contribution in [0.3, 0.4) is 0 Å². The first kappa shape index (κ1) is 18.6. The van der Waals surface area contributed by atoms with Crippen molar-refractivity contribution in [2.45, 2.75) is 39.5 Å². The molecule has 0 aliphatic rings. The maximum Gasteiger partial charge on any atom is 0.350 e. The zero-order valence-corrected chi connectivity index (χ0v) is 13.8. The first-order chi connectivity index (χ1) is 11.2. The van der Waals surface area contributed by atoms with Crippen LogP contribution < -0.4 is 10.1 Å². The van der Waals surface area contributed by atoms with E-state index in [9.17, 15) is 4.79 Å². The van der Waals surface area contributed by atoms with Crippen molar-refractivity contribution in [3.63, 3.8) is 0 Å². The molecule has 0 radical (unpaired) electrons. The summed E-state index contributed by atoms with van der Waals surface area (Å²) in [5, 5.41) is 11.9. The standard InChI is InChI=1S/C18H24N2O3/c1-3-5-6-7-11-23-17-10-8-9-16(12-17)20-14-15(13-19)18(21)22-4-2/h8-10,12,14,20H,3-7,11H2,1-2H3/b15-14+. The molecule has 0 aromatic heterocycles. The minimum Gasteiger partial charge on any atom is -0.494 e. The minimum atomic E-state index is -0.633. The lowest BCUT2D eigenvalue weighted by Gasteiger charge is -2.08. The molecule has 0 spiro atoms. The molecule has 124 valence electrons. The molecule has 0 unspecified atom stereocenters. The maximum atomic E-state index is 11.5. The van der Waals surface area contributed by atoms with Crippen LogP contribution in [0.15, 0.2) is 36.0 Å². The lowest BCUT2D eigenvalue weighted by molar-refractivity contribution is -0.138. The molecule has 1 aromatic rings. The van der Waals surface area contributed by atoms with Gasteiger partial charge in [0.1, 0.15) is 11.8 Å². The van der Waals surface area contributed by atoms with Gasteiger partial charge < -0.3 is 14.8 Å². The number of benzene rings is 1. The van der Waals surface area contributed by atoms with Crippen molar-refractivity contribution in [3.05, 3.63) is 36.0 Å². The van der Waals surface area contributed by atoms with Gasteiger partial charge in [0.15, 0.2) is 5.57 Å². The van der Waals surface area contributed by atoms with Crippen molar-refractivity contribution in [1.29, 1.82) is 5.26 Å². The summed E-state index contributed by atoms with van der Waals surface area (Å²) in [7, 11) is 0. The first-order valence-electron chi connectivity index (χ1n) is 7.98. The number of ether oxygens (including phenoxy) is 2. The smallest absolute Gasteiger partial charge is 0.350 e. The van der Waals surface area contributed by atoms with E-state index in [0.29, 0.717) is 6.61 Å². The van der Waals surface area contributed by atoms with Crippen LogP contribution in [0.25, 0.3) is 0 Å². The molecule has 0 saturated carbocycles. The fourth-order valence-corrected chi connectivity index (χ4v) is 1.90.